The standard InChI is InChI=1S/C17H24N2O3S/c1-18(14-6-3-2-4-7-14)23(21,22)16-11-9-15(10-12-16)19-13-5-8-17(19)20/h9-12,14H,2-8,13H2,1H3. The monoisotopic (exact) mass is 336 g/mol. The molecule has 1 aromatic carbocycles. The van der Waals surface area contributed by atoms with Gasteiger partial charge in [0.05, 0.1) is 4.90 Å². The number of rotatable bonds is 4. The van der Waals surface area contributed by atoms with Gasteiger partial charge in [-0.05, 0) is 43.5 Å². The van der Waals surface area contributed by atoms with Crippen molar-refractivity contribution in [1.82, 2.24) is 4.31 Å². The topological polar surface area (TPSA) is 57.7 Å². The van der Waals surface area contributed by atoms with Crippen molar-refractivity contribution in [2.45, 2.75) is 55.9 Å². The third-order valence-corrected chi connectivity index (χ3v) is 6.91. The molecule has 1 saturated carbocycles. The summed E-state index contributed by atoms with van der Waals surface area (Å²) in [4.78, 5) is 13.8. The third-order valence-electron chi connectivity index (χ3n) is 4.99. The Hall–Kier alpha value is -1.40. The van der Waals surface area contributed by atoms with E-state index in [4.69, 9.17) is 0 Å². The molecule has 126 valence electrons. The summed E-state index contributed by atoms with van der Waals surface area (Å²) in [7, 11) is -1.78. The van der Waals surface area contributed by atoms with Gasteiger partial charge in [-0.15, -0.1) is 0 Å². The quantitative estimate of drug-likeness (QED) is 0.849. The Morgan fingerprint density at radius 3 is 2.26 bits per heavy atom. The summed E-state index contributed by atoms with van der Waals surface area (Å²) in [6, 6.07) is 6.83. The molecule has 3 rings (SSSR count). The molecule has 1 amide bonds. The van der Waals surface area contributed by atoms with E-state index < -0.39 is 10.0 Å². The first-order valence-electron chi connectivity index (χ1n) is 8.38. The Morgan fingerprint density at radius 2 is 1.70 bits per heavy atom. The first kappa shape index (κ1) is 16.5. The molecule has 1 aliphatic heterocycles. The smallest absolute Gasteiger partial charge is 0.243 e. The van der Waals surface area contributed by atoms with Gasteiger partial charge in [0, 0.05) is 31.7 Å². The SMILES string of the molecule is CN(C1CCCCC1)S(=O)(=O)c1ccc(N2CCCC2=O)cc1. The van der Waals surface area contributed by atoms with Crippen LogP contribution < -0.4 is 4.90 Å². The molecule has 0 atom stereocenters. The molecule has 6 heteroatoms. The lowest BCUT2D eigenvalue weighted by Crippen LogP contribution is -2.38. The predicted molar refractivity (Wildman–Crippen MR) is 89.9 cm³/mol. The minimum absolute atomic E-state index is 0.105. The van der Waals surface area contributed by atoms with Gasteiger partial charge >= 0.3 is 0 Å². The van der Waals surface area contributed by atoms with Crippen LogP contribution in [0.15, 0.2) is 29.2 Å². The summed E-state index contributed by atoms with van der Waals surface area (Å²) in [5.41, 5.74) is 0.784. The molecule has 0 radical (unpaired) electrons. The van der Waals surface area contributed by atoms with E-state index in [0.29, 0.717) is 17.9 Å². The summed E-state index contributed by atoms with van der Waals surface area (Å²) < 4.78 is 27.1. The van der Waals surface area contributed by atoms with Crippen LogP contribution in [0.25, 0.3) is 0 Å². The van der Waals surface area contributed by atoms with Crippen LogP contribution in [0, 0.1) is 0 Å². The van der Waals surface area contributed by atoms with E-state index in [1.54, 1.807) is 36.2 Å². The van der Waals surface area contributed by atoms with Gasteiger partial charge in [0.15, 0.2) is 0 Å². The molecule has 0 unspecified atom stereocenters. The maximum Gasteiger partial charge on any atom is 0.243 e. The lowest BCUT2D eigenvalue weighted by Gasteiger charge is -2.30. The molecular weight excluding hydrogens is 312 g/mol. The summed E-state index contributed by atoms with van der Waals surface area (Å²) in [6.07, 6.45) is 6.71. The van der Waals surface area contributed by atoms with Crippen LogP contribution >= 0.6 is 0 Å². The van der Waals surface area contributed by atoms with E-state index in [9.17, 15) is 13.2 Å². The number of carbonyl (C=O) groups excluding carboxylic acids is 1. The fraction of sp³-hybridized carbons (Fsp3) is 0.588. The molecule has 0 N–H and O–H groups in total. The highest BCUT2D eigenvalue weighted by Crippen LogP contribution is 2.28. The average molecular weight is 336 g/mol. The maximum atomic E-state index is 12.8. The van der Waals surface area contributed by atoms with Gasteiger partial charge in [-0.2, -0.15) is 4.31 Å². The largest absolute Gasteiger partial charge is 0.312 e. The number of nitrogens with zero attached hydrogens (tertiary/aromatic N) is 2. The lowest BCUT2D eigenvalue weighted by molar-refractivity contribution is -0.117. The van der Waals surface area contributed by atoms with Gasteiger partial charge in [0.25, 0.3) is 0 Å². The number of sulfonamides is 1. The number of anilines is 1. The first-order valence-corrected chi connectivity index (χ1v) is 9.82. The third kappa shape index (κ3) is 3.28. The van der Waals surface area contributed by atoms with Gasteiger partial charge < -0.3 is 4.90 Å². The van der Waals surface area contributed by atoms with Crippen molar-refractivity contribution >= 4 is 21.6 Å². The van der Waals surface area contributed by atoms with Crippen LogP contribution in [0.5, 0.6) is 0 Å². The zero-order chi connectivity index (χ0) is 16.4. The minimum atomic E-state index is -3.46. The zero-order valence-electron chi connectivity index (χ0n) is 13.6. The van der Waals surface area contributed by atoms with Crippen molar-refractivity contribution in [3.8, 4) is 0 Å². The summed E-state index contributed by atoms with van der Waals surface area (Å²) in [5, 5.41) is 0. The molecule has 1 saturated heterocycles. The van der Waals surface area contributed by atoms with E-state index >= 15 is 0 Å². The average Bonchev–Trinajstić information content (AvgIpc) is 3.01. The normalized spacial score (nSPS) is 20.4. The molecule has 1 aliphatic carbocycles. The molecule has 5 nitrogen and oxygen atoms in total. The summed E-state index contributed by atoms with van der Waals surface area (Å²) >= 11 is 0. The number of hydrogen-bond donors (Lipinski definition) is 0. The van der Waals surface area contributed by atoms with E-state index in [1.165, 1.54) is 10.7 Å². The Balaban J connectivity index is 1.78. The van der Waals surface area contributed by atoms with Crippen molar-refractivity contribution < 1.29 is 13.2 Å². The zero-order valence-corrected chi connectivity index (χ0v) is 14.4. The van der Waals surface area contributed by atoms with E-state index in [2.05, 4.69) is 0 Å². The molecule has 0 spiro atoms. The van der Waals surface area contributed by atoms with Crippen molar-refractivity contribution in [3.05, 3.63) is 24.3 Å². The summed E-state index contributed by atoms with van der Waals surface area (Å²) in [5.74, 6) is 0.111. The van der Waals surface area contributed by atoms with Gasteiger partial charge in [-0.25, -0.2) is 8.42 Å². The van der Waals surface area contributed by atoms with Gasteiger partial charge in [0.1, 0.15) is 0 Å². The number of hydrogen-bond acceptors (Lipinski definition) is 3. The van der Waals surface area contributed by atoms with Gasteiger partial charge in [-0.1, -0.05) is 19.3 Å². The predicted octanol–water partition coefficient (Wildman–Crippen LogP) is 2.77. The Labute approximate surface area is 138 Å². The Bertz CT molecular complexity index is 664. The molecule has 1 heterocycles. The van der Waals surface area contributed by atoms with Crippen LogP contribution in [-0.2, 0) is 14.8 Å². The fourth-order valence-electron chi connectivity index (χ4n) is 3.53. The molecular formula is C17H24N2O3S. The number of benzene rings is 1. The maximum absolute atomic E-state index is 12.8. The lowest BCUT2D eigenvalue weighted by atomic mass is 9.96. The first-order chi connectivity index (χ1) is 11.0. The van der Waals surface area contributed by atoms with Crippen molar-refractivity contribution in [2.24, 2.45) is 0 Å². The molecule has 2 fully saturated rings. The van der Waals surface area contributed by atoms with E-state index in [1.807, 2.05) is 0 Å². The minimum Gasteiger partial charge on any atom is -0.312 e. The molecule has 1 aromatic rings. The molecule has 0 bridgehead atoms. The van der Waals surface area contributed by atoms with Gasteiger partial charge in [-0.3, -0.25) is 4.79 Å². The Morgan fingerprint density at radius 1 is 1.04 bits per heavy atom. The van der Waals surface area contributed by atoms with Crippen molar-refractivity contribution in [2.75, 3.05) is 18.5 Å². The second-order valence-electron chi connectivity index (χ2n) is 6.46. The number of carbonyl (C=O) groups is 1. The van der Waals surface area contributed by atoms with Gasteiger partial charge in [0.2, 0.25) is 15.9 Å². The number of amides is 1. The van der Waals surface area contributed by atoms with Crippen LogP contribution in [0.4, 0.5) is 5.69 Å². The van der Waals surface area contributed by atoms with E-state index in [-0.39, 0.29) is 11.9 Å². The highest BCUT2D eigenvalue weighted by atomic mass is 32.2. The van der Waals surface area contributed by atoms with Crippen molar-refractivity contribution in [3.63, 3.8) is 0 Å². The van der Waals surface area contributed by atoms with Crippen LogP contribution in [0.2, 0.25) is 0 Å². The van der Waals surface area contributed by atoms with Crippen LogP contribution in [0.3, 0.4) is 0 Å². The molecule has 2 aliphatic rings. The van der Waals surface area contributed by atoms with Crippen LogP contribution in [-0.4, -0.2) is 38.3 Å². The van der Waals surface area contributed by atoms with Crippen LogP contribution in [0.1, 0.15) is 44.9 Å². The van der Waals surface area contributed by atoms with E-state index in [0.717, 1.165) is 37.8 Å². The molecule has 0 aromatic heterocycles. The highest BCUT2D eigenvalue weighted by molar-refractivity contribution is 7.89. The Kier molecular flexibility index (Phi) is 4.73. The highest BCUT2D eigenvalue weighted by Gasteiger charge is 2.29. The van der Waals surface area contributed by atoms with Crippen molar-refractivity contribution in [1.29, 1.82) is 0 Å². The summed E-state index contributed by atoms with van der Waals surface area (Å²) in [6.45, 7) is 0.715. The second-order valence-corrected chi connectivity index (χ2v) is 8.45. The second kappa shape index (κ2) is 6.61. The molecule has 23 heavy (non-hydrogen) atoms. The fourth-order valence-corrected chi connectivity index (χ4v) is 4.94.